The molecule has 8 aromatic carbocycles. The summed E-state index contributed by atoms with van der Waals surface area (Å²) in [5.74, 6) is 1.46. The Morgan fingerprint density at radius 3 is 1.79 bits per heavy atom. The molecule has 0 saturated heterocycles. The molecule has 2 aromatic heterocycles. The Morgan fingerprint density at radius 1 is 0.446 bits per heavy atom. The number of aromatic nitrogens is 1. The molecule has 1 aliphatic rings. The van der Waals surface area contributed by atoms with Gasteiger partial charge in [-0.15, -0.1) is 0 Å². The van der Waals surface area contributed by atoms with Crippen LogP contribution < -0.4 is 5.32 Å². The highest BCUT2D eigenvalue weighted by molar-refractivity contribution is 6.14. The average Bonchev–Trinajstić information content (AvgIpc) is 3.82. The van der Waals surface area contributed by atoms with Gasteiger partial charge in [-0.05, 0) is 52.6 Å². The third kappa shape index (κ3) is 5.40. The van der Waals surface area contributed by atoms with E-state index in [9.17, 15) is 0 Å². The van der Waals surface area contributed by atoms with E-state index in [2.05, 4.69) is 168 Å². The molecule has 0 fully saturated rings. The number of amidine groups is 2. The first-order valence-electron chi connectivity index (χ1n) is 18.9. The highest BCUT2D eigenvalue weighted by Crippen LogP contribution is 2.40. The summed E-state index contributed by atoms with van der Waals surface area (Å²) in [4.78, 5) is 10.1. The van der Waals surface area contributed by atoms with E-state index in [4.69, 9.17) is 14.4 Å². The van der Waals surface area contributed by atoms with E-state index in [1.54, 1.807) is 0 Å². The van der Waals surface area contributed by atoms with Crippen molar-refractivity contribution in [1.82, 2.24) is 9.88 Å². The van der Waals surface area contributed by atoms with E-state index in [-0.39, 0.29) is 0 Å². The molecule has 0 saturated carbocycles. The van der Waals surface area contributed by atoms with Gasteiger partial charge in [-0.3, -0.25) is 0 Å². The van der Waals surface area contributed by atoms with Crippen LogP contribution in [-0.4, -0.2) is 16.2 Å². The molecule has 11 rings (SSSR count). The fourth-order valence-electron chi connectivity index (χ4n) is 8.15. The number of hydrogen-bond donors (Lipinski definition) is 1. The Labute approximate surface area is 323 Å². The predicted octanol–water partition coefficient (Wildman–Crippen LogP) is 12.5. The van der Waals surface area contributed by atoms with Crippen molar-refractivity contribution in [1.29, 1.82) is 0 Å². The SMILES string of the molecule is c1ccc(C2=NC(c3cccc4c3oc3cc(-n5c6ccc(-c7ccccc7)cc6c6ccc(-c7ccccc7)cc65)ccc34)NC(c3ccccc3)=N2)cc1. The molecule has 1 N–H and O–H groups in total. The maximum atomic E-state index is 6.89. The lowest BCUT2D eigenvalue weighted by molar-refractivity contribution is 0.628. The lowest BCUT2D eigenvalue weighted by Gasteiger charge is -2.23. The molecule has 1 unspecified atom stereocenters. The molecule has 56 heavy (non-hydrogen) atoms. The molecule has 0 amide bonds. The van der Waals surface area contributed by atoms with Crippen LogP contribution in [0.1, 0.15) is 22.9 Å². The number of furan rings is 1. The van der Waals surface area contributed by atoms with E-state index in [0.29, 0.717) is 5.84 Å². The molecule has 0 aliphatic carbocycles. The molecule has 1 aliphatic heterocycles. The van der Waals surface area contributed by atoms with E-state index in [1.165, 1.54) is 33.0 Å². The molecule has 1 atom stereocenters. The second-order valence-electron chi connectivity index (χ2n) is 14.2. The Hall–Kier alpha value is -7.50. The predicted molar refractivity (Wildman–Crippen MR) is 231 cm³/mol. The van der Waals surface area contributed by atoms with Gasteiger partial charge in [-0.25, -0.2) is 9.98 Å². The summed E-state index contributed by atoms with van der Waals surface area (Å²) in [6.07, 6.45) is -0.408. The molecule has 5 nitrogen and oxygen atoms in total. The molecular formula is C51H34N4O. The van der Waals surface area contributed by atoms with Gasteiger partial charge in [0.2, 0.25) is 0 Å². The van der Waals surface area contributed by atoms with Crippen LogP contribution in [0.2, 0.25) is 0 Å². The minimum atomic E-state index is -0.408. The van der Waals surface area contributed by atoms with Gasteiger partial charge in [0, 0.05) is 50.0 Å². The first-order valence-corrected chi connectivity index (χ1v) is 18.9. The van der Waals surface area contributed by atoms with Crippen LogP contribution in [-0.2, 0) is 0 Å². The number of nitrogens with zero attached hydrogens (tertiary/aromatic N) is 3. The van der Waals surface area contributed by atoms with Crippen LogP contribution in [0.4, 0.5) is 0 Å². The summed E-state index contributed by atoms with van der Waals surface area (Å²) in [6.45, 7) is 0. The highest BCUT2D eigenvalue weighted by Gasteiger charge is 2.25. The van der Waals surface area contributed by atoms with E-state index in [0.717, 1.165) is 61.2 Å². The monoisotopic (exact) mass is 718 g/mol. The van der Waals surface area contributed by atoms with Crippen molar-refractivity contribution >= 4 is 55.4 Å². The van der Waals surface area contributed by atoms with E-state index >= 15 is 0 Å². The van der Waals surface area contributed by atoms with Crippen molar-refractivity contribution < 1.29 is 4.42 Å². The number of para-hydroxylation sites is 1. The fourth-order valence-corrected chi connectivity index (χ4v) is 8.15. The maximum Gasteiger partial charge on any atom is 0.159 e. The third-order valence-electron chi connectivity index (χ3n) is 10.9. The van der Waals surface area contributed by atoms with Crippen LogP contribution in [0, 0.1) is 0 Å². The van der Waals surface area contributed by atoms with Crippen molar-refractivity contribution in [3.63, 3.8) is 0 Å². The number of fused-ring (bicyclic) bond motifs is 6. The third-order valence-corrected chi connectivity index (χ3v) is 10.9. The molecule has 0 spiro atoms. The normalized spacial score (nSPS) is 14.2. The fraction of sp³-hybridized carbons (Fsp3) is 0.0196. The Bertz CT molecular complexity index is 3140. The number of rotatable bonds is 6. The van der Waals surface area contributed by atoms with Crippen molar-refractivity contribution in [2.75, 3.05) is 0 Å². The maximum absolute atomic E-state index is 6.89. The number of nitrogens with one attached hydrogen (secondary N) is 1. The Morgan fingerprint density at radius 2 is 1.07 bits per heavy atom. The number of benzene rings is 8. The van der Waals surface area contributed by atoms with E-state index < -0.39 is 6.17 Å². The van der Waals surface area contributed by atoms with Crippen LogP contribution >= 0.6 is 0 Å². The average molecular weight is 719 g/mol. The van der Waals surface area contributed by atoms with Crippen LogP contribution in [0.5, 0.6) is 0 Å². The second kappa shape index (κ2) is 13.1. The zero-order valence-electron chi connectivity index (χ0n) is 30.3. The zero-order valence-corrected chi connectivity index (χ0v) is 30.3. The molecule has 3 heterocycles. The molecule has 264 valence electrons. The summed E-state index contributed by atoms with van der Waals surface area (Å²) >= 11 is 0. The minimum Gasteiger partial charge on any atom is -0.456 e. The molecule has 0 bridgehead atoms. The van der Waals surface area contributed by atoms with Gasteiger partial charge in [0.25, 0.3) is 0 Å². The molecular weight excluding hydrogens is 685 g/mol. The summed E-state index contributed by atoms with van der Waals surface area (Å²) < 4.78 is 9.27. The van der Waals surface area contributed by atoms with E-state index in [1.807, 2.05) is 36.4 Å². The van der Waals surface area contributed by atoms with Gasteiger partial charge >= 0.3 is 0 Å². The quantitative estimate of drug-likeness (QED) is 0.186. The van der Waals surface area contributed by atoms with Crippen molar-refractivity contribution in [3.8, 4) is 27.9 Å². The zero-order chi connectivity index (χ0) is 37.0. The number of aliphatic imine (C=N–C) groups is 2. The van der Waals surface area contributed by atoms with Crippen LogP contribution in [0.15, 0.2) is 209 Å². The summed E-state index contributed by atoms with van der Waals surface area (Å²) in [6, 6.07) is 68.1. The van der Waals surface area contributed by atoms with Gasteiger partial charge in [0.15, 0.2) is 12.0 Å². The summed E-state index contributed by atoms with van der Waals surface area (Å²) in [5.41, 5.74) is 12.6. The van der Waals surface area contributed by atoms with Crippen LogP contribution in [0.25, 0.3) is 71.7 Å². The topological polar surface area (TPSA) is 54.8 Å². The standard InChI is InChI=1S/C51H34N4O/c1-5-14-33(15-6-1)37-25-29-45-44(30-37)40-27-24-38(34-16-7-2-8-17-34)31-46(40)55(45)39-26-28-41-42-22-13-23-43(48(42)56-47(41)32-39)51-53-49(35-18-9-3-10-19-35)52-50(54-51)36-20-11-4-12-21-36/h1-32,51H,(H,52,53,54). The van der Waals surface area contributed by atoms with Crippen molar-refractivity contribution in [2.24, 2.45) is 9.98 Å². The lowest BCUT2D eigenvalue weighted by atomic mass is 10.0. The van der Waals surface area contributed by atoms with Crippen LogP contribution in [0.3, 0.4) is 0 Å². The molecule has 10 aromatic rings. The van der Waals surface area contributed by atoms with Gasteiger partial charge < -0.3 is 14.3 Å². The second-order valence-corrected chi connectivity index (χ2v) is 14.2. The first kappa shape index (κ1) is 32.0. The molecule has 5 heteroatoms. The number of hydrogen-bond acceptors (Lipinski definition) is 4. The lowest BCUT2D eigenvalue weighted by Crippen LogP contribution is -2.33. The summed E-state index contributed by atoms with van der Waals surface area (Å²) in [5, 5.41) is 8.15. The van der Waals surface area contributed by atoms with Gasteiger partial charge in [0.05, 0.1) is 11.0 Å². The summed E-state index contributed by atoms with van der Waals surface area (Å²) in [7, 11) is 0. The van der Waals surface area contributed by atoms with Gasteiger partial charge in [-0.1, -0.05) is 158 Å². The van der Waals surface area contributed by atoms with Gasteiger partial charge in [0.1, 0.15) is 17.0 Å². The van der Waals surface area contributed by atoms with Gasteiger partial charge in [-0.2, -0.15) is 0 Å². The Kier molecular flexibility index (Phi) is 7.49. The largest absolute Gasteiger partial charge is 0.456 e. The smallest absolute Gasteiger partial charge is 0.159 e. The minimum absolute atomic E-state index is 0.408. The first-order chi connectivity index (χ1) is 27.7. The molecule has 0 radical (unpaired) electrons. The van der Waals surface area contributed by atoms with Crippen molar-refractivity contribution in [2.45, 2.75) is 6.17 Å². The Balaban J connectivity index is 1.07. The highest BCUT2D eigenvalue weighted by atomic mass is 16.3. The van der Waals surface area contributed by atoms with Crippen molar-refractivity contribution in [3.05, 3.63) is 211 Å².